The Hall–Kier alpha value is -2.44. The topological polar surface area (TPSA) is 109 Å². The van der Waals surface area contributed by atoms with Crippen molar-refractivity contribution >= 4 is 16.6 Å². The lowest BCUT2D eigenvalue weighted by Crippen LogP contribution is -2.17. The van der Waals surface area contributed by atoms with E-state index in [1.807, 2.05) is 0 Å². The number of rotatable bonds is 2. The van der Waals surface area contributed by atoms with Gasteiger partial charge in [-0.2, -0.15) is 0 Å². The average molecular weight is 261 g/mol. The number of nitrogens with one attached hydrogen (secondary N) is 1. The quantitative estimate of drug-likeness (QED) is 0.492. The van der Waals surface area contributed by atoms with Crippen molar-refractivity contribution in [2.75, 3.05) is 0 Å². The number of nitro groups is 1. The number of aromatic hydroxyl groups is 1. The standard InChI is InChI=1S/C12H11N3O4/c16-12-11(14-17)8-5-4-6-7(10(8)13-12)2-1-3-9(6)15(18)19/h4-5,9,13,16H,1-3H2/t9-/m1/s1. The minimum absolute atomic E-state index is 0.0407. The molecule has 0 saturated heterocycles. The van der Waals surface area contributed by atoms with E-state index in [1.165, 1.54) is 0 Å². The predicted octanol–water partition coefficient (Wildman–Crippen LogP) is 2.93. The predicted molar refractivity (Wildman–Crippen MR) is 68.1 cm³/mol. The summed E-state index contributed by atoms with van der Waals surface area (Å²) in [5, 5.41) is 24.0. The van der Waals surface area contributed by atoms with Gasteiger partial charge in [-0.05, 0) is 29.6 Å². The van der Waals surface area contributed by atoms with Crippen molar-refractivity contribution < 1.29 is 10.0 Å². The van der Waals surface area contributed by atoms with Gasteiger partial charge in [0.05, 0.1) is 5.52 Å². The average Bonchev–Trinajstić information content (AvgIpc) is 2.73. The van der Waals surface area contributed by atoms with E-state index in [-0.39, 0.29) is 16.5 Å². The molecule has 1 aromatic heterocycles. The minimum atomic E-state index is -0.716. The van der Waals surface area contributed by atoms with Crippen LogP contribution in [-0.2, 0) is 6.42 Å². The maximum atomic E-state index is 11.1. The molecule has 0 fully saturated rings. The lowest BCUT2D eigenvalue weighted by atomic mass is 9.86. The Labute approximate surface area is 107 Å². The summed E-state index contributed by atoms with van der Waals surface area (Å²) in [7, 11) is 0. The second kappa shape index (κ2) is 4.04. The lowest BCUT2D eigenvalue weighted by Gasteiger charge is -2.19. The first-order valence-electron chi connectivity index (χ1n) is 5.96. The fraction of sp³-hybridized carbons (Fsp3) is 0.333. The summed E-state index contributed by atoms with van der Waals surface area (Å²) in [6, 6.07) is 2.54. The highest BCUT2D eigenvalue weighted by molar-refractivity contribution is 5.96. The molecule has 1 aromatic carbocycles. The molecule has 3 rings (SSSR count). The fourth-order valence-electron chi connectivity index (χ4n) is 2.83. The highest BCUT2D eigenvalue weighted by Crippen LogP contribution is 2.41. The fourth-order valence-corrected chi connectivity index (χ4v) is 2.83. The summed E-state index contributed by atoms with van der Waals surface area (Å²) in [6.07, 6.45) is 1.91. The van der Waals surface area contributed by atoms with Gasteiger partial charge in [0.25, 0.3) is 0 Å². The Bertz CT molecular complexity index is 692. The molecule has 7 heteroatoms. The molecule has 2 aromatic rings. The Morgan fingerprint density at radius 2 is 2.26 bits per heavy atom. The summed E-state index contributed by atoms with van der Waals surface area (Å²) in [6.45, 7) is 0. The molecule has 0 aliphatic heterocycles. The van der Waals surface area contributed by atoms with Gasteiger partial charge in [0.1, 0.15) is 0 Å². The van der Waals surface area contributed by atoms with E-state index >= 15 is 0 Å². The Balaban J connectivity index is 2.29. The Morgan fingerprint density at radius 3 is 2.95 bits per heavy atom. The van der Waals surface area contributed by atoms with Gasteiger partial charge >= 0.3 is 0 Å². The number of hydrogen-bond acceptors (Lipinski definition) is 5. The van der Waals surface area contributed by atoms with Crippen LogP contribution in [0.4, 0.5) is 5.69 Å². The molecule has 0 saturated carbocycles. The van der Waals surface area contributed by atoms with Crippen LogP contribution in [0.2, 0.25) is 0 Å². The molecule has 1 aliphatic rings. The number of fused-ring (bicyclic) bond motifs is 3. The number of aromatic nitrogens is 1. The van der Waals surface area contributed by atoms with Crippen molar-refractivity contribution in [2.24, 2.45) is 5.18 Å². The Kier molecular flexibility index (Phi) is 2.48. The van der Waals surface area contributed by atoms with Crippen LogP contribution in [0.1, 0.15) is 30.0 Å². The molecule has 0 radical (unpaired) electrons. The maximum absolute atomic E-state index is 11.1. The molecule has 1 aliphatic carbocycles. The van der Waals surface area contributed by atoms with Gasteiger partial charge in [-0.15, -0.1) is 4.91 Å². The molecule has 0 unspecified atom stereocenters. The van der Waals surface area contributed by atoms with Crippen molar-refractivity contribution in [1.29, 1.82) is 0 Å². The van der Waals surface area contributed by atoms with Crippen LogP contribution in [0, 0.1) is 15.0 Å². The van der Waals surface area contributed by atoms with Crippen LogP contribution in [0.5, 0.6) is 5.88 Å². The maximum Gasteiger partial charge on any atom is 0.238 e. The highest BCUT2D eigenvalue weighted by Gasteiger charge is 2.31. The minimum Gasteiger partial charge on any atom is -0.493 e. The van der Waals surface area contributed by atoms with Crippen LogP contribution < -0.4 is 0 Å². The zero-order valence-electron chi connectivity index (χ0n) is 9.92. The lowest BCUT2D eigenvalue weighted by molar-refractivity contribution is -0.531. The first-order chi connectivity index (χ1) is 9.13. The van der Waals surface area contributed by atoms with Gasteiger partial charge in [0, 0.05) is 22.3 Å². The summed E-state index contributed by atoms with van der Waals surface area (Å²) >= 11 is 0. The number of nitrogens with zero attached hydrogens (tertiary/aromatic N) is 2. The number of benzene rings is 1. The number of aryl methyl sites for hydroxylation is 1. The third-order valence-corrected chi connectivity index (χ3v) is 3.68. The zero-order chi connectivity index (χ0) is 13.6. The van der Waals surface area contributed by atoms with Crippen molar-refractivity contribution in [2.45, 2.75) is 25.3 Å². The van der Waals surface area contributed by atoms with Crippen LogP contribution in [0.3, 0.4) is 0 Å². The van der Waals surface area contributed by atoms with Crippen LogP contribution in [-0.4, -0.2) is 15.0 Å². The normalized spacial score (nSPS) is 18.2. The largest absolute Gasteiger partial charge is 0.493 e. The second-order valence-electron chi connectivity index (χ2n) is 4.66. The molecule has 1 atom stereocenters. The first-order valence-corrected chi connectivity index (χ1v) is 5.96. The van der Waals surface area contributed by atoms with E-state index in [2.05, 4.69) is 10.2 Å². The molecule has 7 nitrogen and oxygen atoms in total. The molecule has 2 N–H and O–H groups in total. The number of nitroso groups, excluding NO2 is 1. The first kappa shape index (κ1) is 11.6. The van der Waals surface area contributed by atoms with Crippen LogP contribution in [0.25, 0.3) is 10.9 Å². The smallest absolute Gasteiger partial charge is 0.238 e. The molecular weight excluding hydrogens is 250 g/mol. The van der Waals surface area contributed by atoms with Gasteiger partial charge in [-0.25, -0.2) is 0 Å². The SMILES string of the molecule is O=Nc1c(O)[nH]c2c3c(ccc12)[C@H]([N+](=O)[O-])CCC3. The highest BCUT2D eigenvalue weighted by atomic mass is 16.6. The number of H-pyrrole nitrogens is 1. The van der Waals surface area contributed by atoms with Gasteiger partial charge in [0.15, 0.2) is 5.69 Å². The number of aromatic amines is 1. The van der Waals surface area contributed by atoms with E-state index in [9.17, 15) is 20.1 Å². The van der Waals surface area contributed by atoms with E-state index in [0.717, 1.165) is 5.56 Å². The molecule has 0 spiro atoms. The molecule has 98 valence electrons. The van der Waals surface area contributed by atoms with Crippen molar-refractivity contribution in [3.05, 3.63) is 38.3 Å². The third-order valence-electron chi connectivity index (χ3n) is 3.68. The molecule has 19 heavy (non-hydrogen) atoms. The molecule has 1 heterocycles. The summed E-state index contributed by atoms with van der Waals surface area (Å²) in [4.78, 5) is 24.2. The van der Waals surface area contributed by atoms with E-state index in [1.54, 1.807) is 12.1 Å². The Morgan fingerprint density at radius 1 is 1.47 bits per heavy atom. The van der Waals surface area contributed by atoms with Crippen molar-refractivity contribution in [1.82, 2.24) is 4.98 Å². The summed E-state index contributed by atoms with van der Waals surface area (Å²) in [5.41, 5.74) is 2.00. The summed E-state index contributed by atoms with van der Waals surface area (Å²) in [5.74, 6) is -0.290. The van der Waals surface area contributed by atoms with E-state index in [0.29, 0.717) is 35.7 Å². The van der Waals surface area contributed by atoms with Crippen LogP contribution in [0.15, 0.2) is 17.3 Å². The zero-order valence-corrected chi connectivity index (χ0v) is 9.92. The van der Waals surface area contributed by atoms with E-state index < -0.39 is 6.04 Å². The molecule has 0 amide bonds. The molecular formula is C12H11N3O4. The summed E-state index contributed by atoms with van der Waals surface area (Å²) < 4.78 is 0. The van der Waals surface area contributed by atoms with Gasteiger partial charge in [-0.3, -0.25) is 10.1 Å². The van der Waals surface area contributed by atoms with Gasteiger partial charge in [0.2, 0.25) is 11.9 Å². The molecule has 0 bridgehead atoms. The van der Waals surface area contributed by atoms with Crippen molar-refractivity contribution in [3.8, 4) is 5.88 Å². The van der Waals surface area contributed by atoms with Crippen LogP contribution >= 0.6 is 0 Å². The van der Waals surface area contributed by atoms with Gasteiger partial charge in [-0.1, -0.05) is 6.07 Å². The third kappa shape index (κ3) is 1.58. The number of hydrogen-bond donors (Lipinski definition) is 2. The monoisotopic (exact) mass is 261 g/mol. The second-order valence-corrected chi connectivity index (χ2v) is 4.66. The van der Waals surface area contributed by atoms with Crippen molar-refractivity contribution in [3.63, 3.8) is 0 Å². The van der Waals surface area contributed by atoms with Gasteiger partial charge < -0.3 is 10.1 Å². The van der Waals surface area contributed by atoms with E-state index in [4.69, 9.17) is 0 Å².